The van der Waals surface area contributed by atoms with Crippen LogP contribution >= 0.6 is 0 Å². The summed E-state index contributed by atoms with van der Waals surface area (Å²) < 4.78 is 7.52. The molecule has 1 atom stereocenters. The molecular formula is C16H22N4O. The van der Waals surface area contributed by atoms with Gasteiger partial charge in [-0.3, -0.25) is 16.0 Å². The first kappa shape index (κ1) is 14.1. The summed E-state index contributed by atoms with van der Waals surface area (Å²) in [6.45, 7) is 5.02. The van der Waals surface area contributed by atoms with E-state index >= 15 is 0 Å². The molecule has 0 amide bonds. The molecule has 1 aliphatic rings. The van der Waals surface area contributed by atoms with Crippen LogP contribution in [0.15, 0.2) is 30.5 Å². The molecule has 1 aromatic heterocycles. The third kappa shape index (κ3) is 2.94. The van der Waals surface area contributed by atoms with E-state index < -0.39 is 0 Å². The van der Waals surface area contributed by atoms with Crippen LogP contribution < -0.4 is 16.0 Å². The van der Waals surface area contributed by atoms with Crippen molar-refractivity contribution in [1.82, 2.24) is 15.2 Å². The lowest BCUT2D eigenvalue weighted by molar-refractivity contribution is 0.356. The molecule has 1 unspecified atom stereocenters. The van der Waals surface area contributed by atoms with E-state index in [1.54, 1.807) is 0 Å². The quantitative estimate of drug-likeness (QED) is 0.653. The van der Waals surface area contributed by atoms with Gasteiger partial charge < -0.3 is 4.74 Å². The monoisotopic (exact) mass is 286 g/mol. The van der Waals surface area contributed by atoms with E-state index in [9.17, 15) is 0 Å². The minimum atomic E-state index is 0.0615. The highest BCUT2D eigenvalue weighted by molar-refractivity contribution is 5.41. The largest absolute Gasteiger partial charge is 0.493 e. The maximum Gasteiger partial charge on any atom is 0.122 e. The molecule has 3 rings (SSSR count). The van der Waals surface area contributed by atoms with Crippen molar-refractivity contribution in [1.29, 1.82) is 0 Å². The molecule has 0 aliphatic carbocycles. The van der Waals surface area contributed by atoms with Gasteiger partial charge in [0.2, 0.25) is 0 Å². The molecule has 0 fully saturated rings. The molecule has 0 saturated carbocycles. The minimum Gasteiger partial charge on any atom is -0.493 e. The van der Waals surface area contributed by atoms with Crippen molar-refractivity contribution in [2.75, 3.05) is 6.61 Å². The second kappa shape index (κ2) is 5.87. The third-order valence-electron chi connectivity index (χ3n) is 3.92. The van der Waals surface area contributed by atoms with Gasteiger partial charge in [-0.25, -0.2) is 0 Å². The fraction of sp³-hybridized carbons (Fsp3) is 0.438. The number of hydrazine groups is 1. The van der Waals surface area contributed by atoms with Crippen molar-refractivity contribution in [2.45, 2.75) is 38.8 Å². The summed E-state index contributed by atoms with van der Waals surface area (Å²) in [6, 6.07) is 8.79. The number of rotatable bonds is 5. The van der Waals surface area contributed by atoms with Gasteiger partial charge in [-0.1, -0.05) is 12.1 Å². The molecule has 1 aromatic carbocycles. The van der Waals surface area contributed by atoms with Crippen molar-refractivity contribution >= 4 is 0 Å². The van der Waals surface area contributed by atoms with E-state index in [-0.39, 0.29) is 6.04 Å². The maximum absolute atomic E-state index is 5.75. The van der Waals surface area contributed by atoms with E-state index in [1.165, 1.54) is 11.1 Å². The molecule has 0 saturated heterocycles. The van der Waals surface area contributed by atoms with E-state index in [0.29, 0.717) is 6.04 Å². The van der Waals surface area contributed by atoms with Gasteiger partial charge in [0.05, 0.1) is 18.3 Å². The molecule has 0 bridgehead atoms. The Labute approximate surface area is 125 Å². The number of benzene rings is 1. The van der Waals surface area contributed by atoms with E-state index in [1.807, 2.05) is 16.9 Å². The van der Waals surface area contributed by atoms with Gasteiger partial charge >= 0.3 is 0 Å². The smallest absolute Gasteiger partial charge is 0.122 e. The highest BCUT2D eigenvalue weighted by atomic mass is 16.5. The Balaban J connectivity index is 1.78. The zero-order chi connectivity index (χ0) is 14.8. The van der Waals surface area contributed by atoms with E-state index in [2.05, 4.69) is 42.6 Å². The number of ether oxygens (including phenoxy) is 1. The third-order valence-corrected chi connectivity index (χ3v) is 3.92. The normalized spacial score (nSPS) is 15.0. The lowest BCUT2D eigenvalue weighted by Gasteiger charge is -2.16. The van der Waals surface area contributed by atoms with Crippen LogP contribution in [0.25, 0.3) is 0 Å². The molecular weight excluding hydrogens is 264 g/mol. The predicted molar refractivity (Wildman–Crippen MR) is 82.0 cm³/mol. The summed E-state index contributed by atoms with van der Waals surface area (Å²) >= 11 is 0. The van der Waals surface area contributed by atoms with Gasteiger partial charge in [-0.2, -0.15) is 5.10 Å². The Morgan fingerprint density at radius 3 is 2.95 bits per heavy atom. The van der Waals surface area contributed by atoms with Crippen molar-refractivity contribution in [3.05, 3.63) is 47.3 Å². The first-order valence-electron chi connectivity index (χ1n) is 7.43. The Hall–Kier alpha value is -1.85. The Kier molecular flexibility index (Phi) is 3.94. The molecule has 0 spiro atoms. The van der Waals surface area contributed by atoms with Gasteiger partial charge in [-0.15, -0.1) is 0 Å². The van der Waals surface area contributed by atoms with Crippen LogP contribution in [0.2, 0.25) is 0 Å². The van der Waals surface area contributed by atoms with Crippen LogP contribution in [0.5, 0.6) is 5.75 Å². The molecule has 21 heavy (non-hydrogen) atoms. The van der Waals surface area contributed by atoms with Crippen molar-refractivity contribution in [2.24, 2.45) is 5.84 Å². The number of fused-ring (bicyclic) bond motifs is 1. The second-order valence-electron chi connectivity index (χ2n) is 5.77. The summed E-state index contributed by atoms with van der Waals surface area (Å²) in [5.74, 6) is 6.75. The number of nitrogens with one attached hydrogen (secondary N) is 1. The fourth-order valence-electron chi connectivity index (χ4n) is 2.68. The Bertz CT molecular complexity index is 620. The van der Waals surface area contributed by atoms with Crippen LogP contribution in [-0.2, 0) is 12.8 Å². The van der Waals surface area contributed by atoms with Crippen LogP contribution in [0.4, 0.5) is 0 Å². The summed E-state index contributed by atoms with van der Waals surface area (Å²) in [5, 5.41) is 4.59. The van der Waals surface area contributed by atoms with Crippen molar-refractivity contribution in [3.63, 3.8) is 0 Å². The average Bonchev–Trinajstić information content (AvgIpc) is 3.12. The van der Waals surface area contributed by atoms with Gasteiger partial charge in [0, 0.05) is 25.1 Å². The molecule has 0 radical (unpaired) electrons. The molecule has 2 heterocycles. The molecule has 3 N–H and O–H groups in total. The number of hydrogen-bond acceptors (Lipinski definition) is 4. The number of nitrogens with two attached hydrogens (primary N) is 1. The predicted octanol–water partition coefficient (Wildman–Crippen LogP) is 2.15. The Morgan fingerprint density at radius 2 is 2.24 bits per heavy atom. The van der Waals surface area contributed by atoms with Gasteiger partial charge in [0.25, 0.3) is 0 Å². The number of hydrogen-bond donors (Lipinski definition) is 2. The topological polar surface area (TPSA) is 65.1 Å². The Morgan fingerprint density at radius 1 is 1.38 bits per heavy atom. The van der Waals surface area contributed by atoms with Gasteiger partial charge in [0.15, 0.2) is 0 Å². The SMILES string of the molecule is CC(C)n1ccc(CC(NN)c2ccc3c(c2)CCO3)n1. The van der Waals surface area contributed by atoms with Crippen LogP contribution in [-0.4, -0.2) is 16.4 Å². The number of nitrogens with zero attached hydrogens (tertiary/aromatic N) is 2. The van der Waals surface area contributed by atoms with E-state index in [0.717, 1.165) is 30.9 Å². The highest BCUT2D eigenvalue weighted by Gasteiger charge is 2.17. The molecule has 1 aliphatic heterocycles. The maximum atomic E-state index is 5.75. The minimum absolute atomic E-state index is 0.0615. The second-order valence-corrected chi connectivity index (χ2v) is 5.77. The summed E-state index contributed by atoms with van der Waals surface area (Å²) in [4.78, 5) is 0. The van der Waals surface area contributed by atoms with E-state index in [4.69, 9.17) is 10.6 Å². The average molecular weight is 286 g/mol. The van der Waals surface area contributed by atoms with Crippen LogP contribution in [0, 0.1) is 0 Å². The van der Waals surface area contributed by atoms with Crippen molar-refractivity contribution in [3.8, 4) is 5.75 Å². The summed E-state index contributed by atoms with van der Waals surface area (Å²) in [5.41, 5.74) is 6.40. The van der Waals surface area contributed by atoms with Crippen LogP contribution in [0.3, 0.4) is 0 Å². The molecule has 5 heteroatoms. The lowest BCUT2D eigenvalue weighted by Crippen LogP contribution is -2.29. The van der Waals surface area contributed by atoms with Crippen molar-refractivity contribution < 1.29 is 4.74 Å². The van der Waals surface area contributed by atoms with Gasteiger partial charge in [-0.05, 0) is 37.1 Å². The first-order valence-corrected chi connectivity index (χ1v) is 7.43. The molecule has 5 nitrogen and oxygen atoms in total. The zero-order valence-electron chi connectivity index (χ0n) is 12.5. The first-order chi connectivity index (χ1) is 10.2. The standard InChI is InChI=1S/C16H22N4O/c1-11(2)20-7-5-14(19-20)10-15(18-17)12-3-4-16-13(9-12)6-8-21-16/h3-5,7,9,11,15,18H,6,8,10,17H2,1-2H3. The summed E-state index contributed by atoms with van der Waals surface area (Å²) in [7, 11) is 0. The van der Waals surface area contributed by atoms with Crippen LogP contribution in [0.1, 0.15) is 42.8 Å². The highest BCUT2D eigenvalue weighted by Crippen LogP contribution is 2.29. The zero-order valence-corrected chi connectivity index (χ0v) is 12.5. The molecule has 2 aromatic rings. The lowest BCUT2D eigenvalue weighted by atomic mass is 9.99. The van der Waals surface area contributed by atoms with Gasteiger partial charge in [0.1, 0.15) is 5.75 Å². The molecule has 112 valence electrons. The fourth-order valence-corrected chi connectivity index (χ4v) is 2.68. The summed E-state index contributed by atoms with van der Waals surface area (Å²) in [6.07, 6.45) is 3.77. The number of aromatic nitrogens is 2.